The minimum Gasteiger partial charge on any atom is -0.475 e. The molecule has 0 radical (unpaired) electrons. The number of nitrogens with zero attached hydrogens (tertiary/aromatic N) is 2. The molecule has 0 aliphatic heterocycles. The Morgan fingerprint density at radius 1 is 1.00 bits per heavy atom. The molecular formula is C21H21ClN4O2. The summed E-state index contributed by atoms with van der Waals surface area (Å²) in [4.78, 5) is 11.9. The molecule has 2 amide bonds. The van der Waals surface area contributed by atoms with E-state index in [1.165, 1.54) is 5.56 Å². The van der Waals surface area contributed by atoms with Crippen LogP contribution in [0.5, 0.6) is 5.88 Å². The van der Waals surface area contributed by atoms with Crippen molar-refractivity contribution in [1.29, 1.82) is 0 Å². The Morgan fingerprint density at radius 3 is 2.46 bits per heavy atom. The van der Waals surface area contributed by atoms with Crippen molar-refractivity contribution in [1.82, 2.24) is 15.5 Å². The number of anilines is 1. The highest BCUT2D eigenvalue weighted by Crippen LogP contribution is 2.22. The Balaban J connectivity index is 1.44. The maximum atomic E-state index is 11.9. The third-order valence-electron chi connectivity index (χ3n) is 4.00. The molecule has 0 atom stereocenters. The van der Waals surface area contributed by atoms with Crippen LogP contribution >= 0.6 is 11.6 Å². The number of amides is 2. The van der Waals surface area contributed by atoms with Gasteiger partial charge in [0.2, 0.25) is 5.88 Å². The van der Waals surface area contributed by atoms with E-state index in [1.54, 1.807) is 12.1 Å². The molecule has 2 N–H and O–H groups in total. The highest BCUT2D eigenvalue weighted by atomic mass is 35.5. The molecule has 6 nitrogen and oxygen atoms in total. The van der Waals surface area contributed by atoms with E-state index in [4.69, 9.17) is 16.3 Å². The smallest absolute Gasteiger partial charge is 0.319 e. The van der Waals surface area contributed by atoms with E-state index in [2.05, 4.69) is 20.8 Å². The summed E-state index contributed by atoms with van der Waals surface area (Å²) in [6.07, 6.45) is 0. The highest BCUT2D eigenvalue weighted by molar-refractivity contribution is 6.33. The van der Waals surface area contributed by atoms with Crippen molar-refractivity contribution in [2.75, 3.05) is 18.5 Å². The lowest BCUT2D eigenvalue weighted by Crippen LogP contribution is -2.32. The minimum atomic E-state index is -0.350. The third-order valence-corrected chi connectivity index (χ3v) is 4.32. The van der Waals surface area contributed by atoms with Crippen molar-refractivity contribution in [3.05, 3.63) is 70.7 Å². The normalized spacial score (nSPS) is 10.4. The van der Waals surface area contributed by atoms with Crippen molar-refractivity contribution >= 4 is 23.3 Å². The fourth-order valence-corrected chi connectivity index (χ4v) is 2.66. The van der Waals surface area contributed by atoms with Gasteiger partial charge in [-0.3, -0.25) is 0 Å². The van der Waals surface area contributed by atoms with Crippen molar-refractivity contribution in [3.63, 3.8) is 0 Å². The zero-order valence-corrected chi connectivity index (χ0v) is 16.5. The fraction of sp³-hybridized carbons (Fsp3) is 0.190. The molecule has 0 fully saturated rings. The summed E-state index contributed by atoms with van der Waals surface area (Å²) in [6, 6.07) is 16.8. The maximum Gasteiger partial charge on any atom is 0.319 e. The van der Waals surface area contributed by atoms with Crippen LogP contribution in [-0.4, -0.2) is 29.4 Å². The molecule has 1 heterocycles. The van der Waals surface area contributed by atoms with Crippen LogP contribution in [0, 0.1) is 13.8 Å². The Labute approximate surface area is 168 Å². The van der Waals surface area contributed by atoms with Crippen LogP contribution in [0.3, 0.4) is 0 Å². The van der Waals surface area contributed by atoms with Gasteiger partial charge in [-0.25, -0.2) is 4.79 Å². The van der Waals surface area contributed by atoms with Crippen LogP contribution in [0.4, 0.5) is 10.5 Å². The van der Waals surface area contributed by atoms with Crippen molar-refractivity contribution in [2.24, 2.45) is 0 Å². The van der Waals surface area contributed by atoms with E-state index in [0.717, 1.165) is 16.8 Å². The van der Waals surface area contributed by atoms with Crippen LogP contribution in [0.1, 0.15) is 11.1 Å². The number of halogens is 1. The van der Waals surface area contributed by atoms with Gasteiger partial charge in [0.15, 0.2) is 0 Å². The van der Waals surface area contributed by atoms with E-state index in [9.17, 15) is 4.79 Å². The second kappa shape index (κ2) is 9.19. The number of aryl methyl sites for hydroxylation is 2. The van der Waals surface area contributed by atoms with E-state index in [0.29, 0.717) is 23.1 Å². The minimum absolute atomic E-state index is 0.271. The van der Waals surface area contributed by atoms with Gasteiger partial charge >= 0.3 is 6.03 Å². The standard InChI is InChI=1S/C21H21ClN4O2/c1-14-3-6-16(7-4-14)18-9-10-20(26-25-18)28-12-11-23-21(27)24-19-13-15(2)5-8-17(19)22/h3-10,13H,11-12H2,1-2H3,(H2,23,24,27). The number of hydrogen-bond donors (Lipinski definition) is 2. The molecule has 144 valence electrons. The first-order valence-electron chi connectivity index (χ1n) is 8.86. The van der Waals surface area contributed by atoms with Crippen LogP contribution in [0.25, 0.3) is 11.3 Å². The summed E-state index contributed by atoms with van der Waals surface area (Å²) in [7, 11) is 0. The molecule has 2 aromatic carbocycles. The Bertz CT molecular complexity index is 944. The molecule has 3 rings (SSSR count). The predicted octanol–water partition coefficient (Wildman–Crippen LogP) is 4.61. The van der Waals surface area contributed by atoms with Gasteiger partial charge in [0.05, 0.1) is 22.9 Å². The lowest BCUT2D eigenvalue weighted by atomic mass is 10.1. The van der Waals surface area contributed by atoms with Gasteiger partial charge < -0.3 is 15.4 Å². The number of rotatable bonds is 6. The van der Waals surface area contributed by atoms with Crippen molar-refractivity contribution < 1.29 is 9.53 Å². The Kier molecular flexibility index (Phi) is 6.45. The predicted molar refractivity (Wildman–Crippen MR) is 111 cm³/mol. The van der Waals surface area contributed by atoms with E-state index < -0.39 is 0 Å². The second-order valence-electron chi connectivity index (χ2n) is 6.34. The van der Waals surface area contributed by atoms with Gasteiger partial charge in [0.25, 0.3) is 0 Å². The Morgan fingerprint density at radius 2 is 1.75 bits per heavy atom. The summed E-state index contributed by atoms with van der Waals surface area (Å²) in [5, 5.41) is 14.2. The first-order chi connectivity index (χ1) is 13.5. The summed E-state index contributed by atoms with van der Waals surface area (Å²) < 4.78 is 5.52. The van der Waals surface area contributed by atoms with E-state index >= 15 is 0 Å². The van der Waals surface area contributed by atoms with Crippen LogP contribution in [0.2, 0.25) is 5.02 Å². The lowest BCUT2D eigenvalue weighted by Gasteiger charge is -2.10. The largest absolute Gasteiger partial charge is 0.475 e. The third kappa shape index (κ3) is 5.44. The summed E-state index contributed by atoms with van der Waals surface area (Å²) in [5.41, 5.74) is 4.55. The first-order valence-corrected chi connectivity index (χ1v) is 9.23. The van der Waals surface area contributed by atoms with Gasteiger partial charge in [-0.05, 0) is 37.6 Å². The van der Waals surface area contributed by atoms with Crippen molar-refractivity contribution in [3.8, 4) is 17.1 Å². The van der Waals surface area contributed by atoms with Gasteiger partial charge in [0, 0.05) is 11.6 Å². The summed E-state index contributed by atoms with van der Waals surface area (Å²) in [6.45, 7) is 4.55. The monoisotopic (exact) mass is 396 g/mol. The molecule has 0 saturated carbocycles. The molecule has 7 heteroatoms. The fourth-order valence-electron chi connectivity index (χ4n) is 2.50. The summed E-state index contributed by atoms with van der Waals surface area (Å²) >= 11 is 6.06. The van der Waals surface area contributed by atoms with Crippen LogP contribution < -0.4 is 15.4 Å². The average Bonchev–Trinajstić information content (AvgIpc) is 2.69. The second-order valence-corrected chi connectivity index (χ2v) is 6.74. The van der Waals surface area contributed by atoms with E-state index in [1.807, 2.05) is 56.3 Å². The van der Waals surface area contributed by atoms with Gasteiger partial charge in [-0.15, -0.1) is 10.2 Å². The topological polar surface area (TPSA) is 76.1 Å². The molecule has 0 unspecified atom stereocenters. The SMILES string of the molecule is Cc1ccc(-c2ccc(OCCNC(=O)Nc3cc(C)ccc3Cl)nn2)cc1. The molecule has 3 aromatic rings. The molecule has 0 spiro atoms. The number of hydrogen-bond acceptors (Lipinski definition) is 4. The molecule has 28 heavy (non-hydrogen) atoms. The highest BCUT2D eigenvalue weighted by Gasteiger charge is 2.06. The molecular weight excluding hydrogens is 376 g/mol. The molecule has 0 aliphatic rings. The molecule has 1 aromatic heterocycles. The molecule has 0 saturated heterocycles. The van der Waals surface area contributed by atoms with Crippen LogP contribution in [-0.2, 0) is 0 Å². The number of carbonyl (C=O) groups excluding carboxylic acids is 1. The number of aromatic nitrogens is 2. The molecule has 0 aliphatic carbocycles. The lowest BCUT2D eigenvalue weighted by molar-refractivity contribution is 0.246. The number of urea groups is 1. The number of nitrogens with one attached hydrogen (secondary N) is 2. The van der Waals surface area contributed by atoms with Crippen molar-refractivity contribution in [2.45, 2.75) is 13.8 Å². The maximum absolute atomic E-state index is 11.9. The van der Waals surface area contributed by atoms with Crippen LogP contribution in [0.15, 0.2) is 54.6 Å². The average molecular weight is 397 g/mol. The molecule has 0 bridgehead atoms. The summed E-state index contributed by atoms with van der Waals surface area (Å²) in [5.74, 6) is 0.403. The quantitative estimate of drug-likeness (QED) is 0.596. The van der Waals surface area contributed by atoms with Gasteiger partial charge in [-0.1, -0.05) is 47.5 Å². The van der Waals surface area contributed by atoms with E-state index in [-0.39, 0.29) is 12.6 Å². The zero-order valence-electron chi connectivity index (χ0n) is 15.7. The number of ether oxygens (including phenoxy) is 1. The van der Waals surface area contributed by atoms with Gasteiger partial charge in [-0.2, -0.15) is 0 Å². The number of benzene rings is 2. The first kappa shape index (κ1) is 19.6. The van der Waals surface area contributed by atoms with Gasteiger partial charge in [0.1, 0.15) is 6.61 Å². The number of carbonyl (C=O) groups is 1. The Hall–Kier alpha value is -3.12. The zero-order chi connectivity index (χ0) is 19.9.